The fourth-order valence-electron chi connectivity index (χ4n) is 1.51. The molecule has 2 aromatic rings. The van der Waals surface area contributed by atoms with Crippen molar-refractivity contribution in [3.05, 3.63) is 69.7 Å². The zero-order valence-electron chi connectivity index (χ0n) is 10.4. The number of carbonyl (C=O) groups is 1. The molecule has 0 aliphatic rings. The largest absolute Gasteiger partial charge is 0.271 e. The van der Waals surface area contributed by atoms with Gasteiger partial charge < -0.3 is 0 Å². The zero-order valence-corrected chi connectivity index (χ0v) is 12.0. The summed E-state index contributed by atoms with van der Waals surface area (Å²) in [7, 11) is 0. The maximum atomic E-state index is 11.8. The zero-order chi connectivity index (χ0) is 14.4. The number of nitriles is 1. The van der Waals surface area contributed by atoms with E-state index in [1.165, 1.54) is 0 Å². The van der Waals surface area contributed by atoms with Crippen molar-refractivity contribution >= 4 is 28.1 Å². The highest BCUT2D eigenvalue weighted by Crippen LogP contribution is 2.09. The molecule has 20 heavy (non-hydrogen) atoms. The number of hydrogen-bond donors (Lipinski definition) is 1. The second kappa shape index (κ2) is 6.64. The van der Waals surface area contributed by atoms with Crippen molar-refractivity contribution in [1.29, 1.82) is 5.26 Å². The van der Waals surface area contributed by atoms with Gasteiger partial charge in [-0.1, -0.05) is 28.1 Å². The maximum Gasteiger partial charge on any atom is 0.271 e. The highest BCUT2D eigenvalue weighted by atomic mass is 79.9. The standard InChI is InChI=1S/C15H10BrN3O/c16-14-3-1-2-12(8-14)10-18-19-15(20)13-6-4-11(9-17)5-7-13/h1-8,10H,(H,19,20)/b18-10-. The molecule has 0 radical (unpaired) electrons. The summed E-state index contributed by atoms with van der Waals surface area (Å²) in [5.41, 5.74) is 4.28. The summed E-state index contributed by atoms with van der Waals surface area (Å²) in [6.07, 6.45) is 1.56. The van der Waals surface area contributed by atoms with Crippen molar-refractivity contribution < 1.29 is 4.79 Å². The van der Waals surface area contributed by atoms with E-state index in [9.17, 15) is 4.79 Å². The van der Waals surface area contributed by atoms with E-state index >= 15 is 0 Å². The fraction of sp³-hybridized carbons (Fsp3) is 0. The van der Waals surface area contributed by atoms with Crippen molar-refractivity contribution in [3.8, 4) is 6.07 Å². The fourth-order valence-corrected chi connectivity index (χ4v) is 1.93. The van der Waals surface area contributed by atoms with Gasteiger partial charge in [0.05, 0.1) is 17.8 Å². The second-order valence-corrected chi connectivity index (χ2v) is 4.86. The summed E-state index contributed by atoms with van der Waals surface area (Å²) in [5, 5.41) is 12.6. The number of carbonyl (C=O) groups excluding carboxylic acids is 1. The maximum absolute atomic E-state index is 11.8. The molecule has 2 rings (SSSR count). The molecule has 0 saturated heterocycles. The predicted octanol–water partition coefficient (Wildman–Crippen LogP) is 3.08. The van der Waals surface area contributed by atoms with Gasteiger partial charge in [0.15, 0.2) is 0 Å². The lowest BCUT2D eigenvalue weighted by molar-refractivity contribution is 0.0955. The second-order valence-electron chi connectivity index (χ2n) is 3.94. The van der Waals surface area contributed by atoms with Crippen molar-refractivity contribution in [3.63, 3.8) is 0 Å². The molecule has 0 bridgehead atoms. The van der Waals surface area contributed by atoms with Crippen LogP contribution in [0.15, 0.2) is 58.1 Å². The van der Waals surface area contributed by atoms with Crippen LogP contribution in [0.25, 0.3) is 0 Å². The van der Waals surface area contributed by atoms with Gasteiger partial charge in [0, 0.05) is 10.0 Å². The number of nitrogens with zero attached hydrogens (tertiary/aromatic N) is 2. The molecule has 0 aromatic heterocycles. The van der Waals surface area contributed by atoms with Crippen LogP contribution >= 0.6 is 15.9 Å². The number of halogens is 1. The van der Waals surface area contributed by atoms with Gasteiger partial charge in [-0.2, -0.15) is 10.4 Å². The first kappa shape index (κ1) is 14.0. The predicted molar refractivity (Wildman–Crippen MR) is 80.4 cm³/mol. The molecule has 98 valence electrons. The molecule has 1 N–H and O–H groups in total. The van der Waals surface area contributed by atoms with Crippen LogP contribution in [0.3, 0.4) is 0 Å². The van der Waals surface area contributed by atoms with Crippen LogP contribution < -0.4 is 5.43 Å². The van der Waals surface area contributed by atoms with Crippen LogP contribution in [0.2, 0.25) is 0 Å². The van der Waals surface area contributed by atoms with Crippen LogP contribution in [0.5, 0.6) is 0 Å². The van der Waals surface area contributed by atoms with E-state index in [1.54, 1.807) is 30.5 Å². The molecule has 2 aromatic carbocycles. The van der Waals surface area contributed by atoms with E-state index in [4.69, 9.17) is 5.26 Å². The molecule has 0 aliphatic heterocycles. The van der Waals surface area contributed by atoms with Gasteiger partial charge in [-0.05, 0) is 42.0 Å². The summed E-state index contributed by atoms with van der Waals surface area (Å²) >= 11 is 3.36. The first-order chi connectivity index (χ1) is 9.69. The van der Waals surface area contributed by atoms with Crippen molar-refractivity contribution in [2.45, 2.75) is 0 Å². The van der Waals surface area contributed by atoms with Gasteiger partial charge in [0.1, 0.15) is 0 Å². The first-order valence-electron chi connectivity index (χ1n) is 5.78. The third-order valence-electron chi connectivity index (χ3n) is 2.50. The molecule has 4 nitrogen and oxygen atoms in total. The molecule has 0 fully saturated rings. The Morgan fingerprint density at radius 3 is 2.65 bits per heavy atom. The molecular weight excluding hydrogens is 318 g/mol. The van der Waals surface area contributed by atoms with E-state index in [0.29, 0.717) is 11.1 Å². The van der Waals surface area contributed by atoms with Crippen molar-refractivity contribution in [2.75, 3.05) is 0 Å². The Balaban J connectivity index is 1.99. The highest BCUT2D eigenvalue weighted by molar-refractivity contribution is 9.10. The number of benzene rings is 2. The smallest absolute Gasteiger partial charge is 0.267 e. The van der Waals surface area contributed by atoms with Crippen LogP contribution in [0.1, 0.15) is 21.5 Å². The Morgan fingerprint density at radius 1 is 1.25 bits per heavy atom. The van der Waals surface area contributed by atoms with Crippen molar-refractivity contribution in [2.24, 2.45) is 5.10 Å². The molecule has 5 heteroatoms. The molecule has 0 atom stereocenters. The molecule has 1 amide bonds. The minimum absolute atomic E-state index is 0.319. The minimum Gasteiger partial charge on any atom is -0.267 e. The van der Waals surface area contributed by atoms with Gasteiger partial charge in [-0.15, -0.1) is 0 Å². The molecule has 0 aliphatic carbocycles. The molecule has 0 unspecified atom stereocenters. The van der Waals surface area contributed by atoms with E-state index in [2.05, 4.69) is 26.5 Å². The van der Waals surface area contributed by atoms with Crippen LogP contribution in [0, 0.1) is 11.3 Å². The monoisotopic (exact) mass is 327 g/mol. The average molecular weight is 328 g/mol. The topological polar surface area (TPSA) is 65.2 Å². The van der Waals surface area contributed by atoms with Crippen LogP contribution in [-0.2, 0) is 0 Å². The number of hydrogen-bond acceptors (Lipinski definition) is 3. The summed E-state index contributed by atoms with van der Waals surface area (Å²) < 4.78 is 0.944. The normalized spacial score (nSPS) is 10.2. The molecule has 0 spiro atoms. The van der Waals surface area contributed by atoms with Crippen LogP contribution in [0.4, 0.5) is 0 Å². The lowest BCUT2D eigenvalue weighted by atomic mass is 10.1. The third kappa shape index (κ3) is 3.77. The quantitative estimate of drug-likeness (QED) is 0.695. The van der Waals surface area contributed by atoms with Gasteiger partial charge >= 0.3 is 0 Å². The molecule has 0 saturated carbocycles. The van der Waals surface area contributed by atoms with E-state index in [1.807, 2.05) is 30.3 Å². The third-order valence-corrected chi connectivity index (χ3v) is 3.00. The summed E-state index contributed by atoms with van der Waals surface area (Å²) in [6, 6.07) is 15.9. The highest BCUT2D eigenvalue weighted by Gasteiger charge is 2.03. The van der Waals surface area contributed by atoms with Gasteiger partial charge in [-0.3, -0.25) is 4.79 Å². The Labute approximate surface area is 124 Å². The summed E-state index contributed by atoms with van der Waals surface area (Å²) in [4.78, 5) is 11.8. The number of hydrazone groups is 1. The number of amides is 1. The Hall–Kier alpha value is -2.45. The van der Waals surface area contributed by atoms with Gasteiger partial charge in [-0.25, -0.2) is 5.43 Å². The summed E-state index contributed by atoms with van der Waals surface area (Å²) in [6.45, 7) is 0. The molecule has 0 heterocycles. The Morgan fingerprint density at radius 2 is 2.00 bits per heavy atom. The number of nitrogens with one attached hydrogen (secondary N) is 1. The Bertz CT molecular complexity index is 687. The summed E-state index contributed by atoms with van der Waals surface area (Å²) in [5.74, 6) is -0.319. The van der Waals surface area contributed by atoms with Gasteiger partial charge in [0.25, 0.3) is 5.91 Å². The van der Waals surface area contributed by atoms with Crippen LogP contribution in [-0.4, -0.2) is 12.1 Å². The average Bonchev–Trinajstić information content (AvgIpc) is 2.47. The van der Waals surface area contributed by atoms with Gasteiger partial charge in [0.2, 0.25) is 0 Å². The number of rotatable bonds is 3. The lowest BCUT2D eigenvalue weighted by Gasteiger charge is -1.99. The van der Waals surface area contributed by atoms with E-state index < -0.39 is 0 Å². The minimum atomic E-state index is -0.319. The lowest BCUT2D eigenvalue weighted by Crippen LogP contribution is -2.17. The van der Waals surface area contributed by atoms with Crippen molar-refractivity contribution in [1.82, 2.24) is 5.43 Å². The molecular formula is C15H10BrN3O. The SMILES string of the molecule is N#Cc1ccc(C(=O)N/N=C\c2cccc(Br)c2)cc1. The van der Waals surface area contributed by atoms with E-state index in [0.717, 1.165) is 10.0 Å². The first-order valence-corrected chi connectivity index (χ1v) is 6.57. The Kier molecular flexibility index (Phi) is 4.64. The van der Waals surface area contributed by atoms with E-state index in [-0.39, 0.29) is 5.91 Å².